The van der Waals surface area contributed by atoms with Crippen LogP contribution in [0.1, 0.15) is 46.5 Å². The van der Waals surface area contributed by atoms with Crippen LogP contribution in [0.25, 0.3) is 0 Å². The van der Waals surface area contributed by atoms with Gasteiger partial charge in [0.05, 0.1) is 0 Å². The summed E-state index contributed by atoms with van der Waals surface area (Å²) in [4.78, 5) is 10.9. The van der Waals surface area contributed by atoms with Crippen molar-refractivity contribution >= 4 is 17.7 Å². The molecule has 102 valence electrons. The number of thioether (sulfide) groups is 1. The van der Waals surface area contributed by atoms with Crippen molar-refractivity contribution in [2.24, 2.45) is 5.92 Å². The first-order valence-electron chi connectivity index (χ1n) is 6.02. The van der Waals surface area contributed by atoms with Crippen LogP contribution in [0, 0.1) is 5.92 Å². The van der Waals surface area contributed by atoms with E-state index in [-0.39, 0.29) is 18.8 Å². The molecule has 2 nitrogen and oxygen atoms in total. The summed E-state index contributed by atoms with van der Waals surface area (Å²) in [5.41, 5.74) is 0. The van der Waals surface area contributed by atoms with Gasteiger partial charge in [-0.3, -0.25) is 4.79 Å². The van der Waals surface area contributed by atoms with Crippen molar-refractivity contribution in [1.82, 2.24) is 0 Å². The van der Waals surface area contributed by atoms with Crippen molar-refractivity contribution in [3.05, 3.63) is 0 Å². The molecule has 0 radical (unpaired) electrons. The maximum atomic E-state index is 13.1. The van der Waals surface area contributed by atoms with E-state index in [4.69, 9.17) is 5.11 Å². The van der Waals surface area contributed by atoms with Crippen LogP contribution in [-0.2, 0) is 4.79 Å². The molecule has 0 saturated carbocycles. The summed E-state index contributed by atoms with van der Waals surface area (Å²) in [6.07, 6.45) is 0.626. The molecule has 0 aromatic heterocycles. The molecule has 0 fully saturated rings. The first kappa shape index (κ1) is 16.7. The zero-order chi connectivity index (χ0) is 13.5. The standard InChI is InChI=1S/C12H22F2O2S/c1-4-6-12(13,14)7-5-8-17-10(9(2)3)11(15)16/h9-10H,4-8H2,1-3H3,(H,15,16). The molecule has 0 spiro atoms. The minimum atomic E-state index is -2.59. The van der Waals surface area contributed by atoms with Crippen molar-refractivity contribution in [3.63, 3.8) is 0 Å². The topological polar surface area (TPSA) is 37.3 Å². The lowest BCUT2D eigenvalue weighted by molar-refractivity contribution is -0.137. The predicted molar refractivity (Wildman–Crippen MR) is 67.8 cm³/mol. The van der Waals surface area contributed by atoms with Gasteiger partial charge in [0.25, 0.3) is 0 Å². The summed E-state index contributed by atoms with van der Waals surface area (Å²) < 4.78 is 26.3. The molecule has 0 aliphatic rings. The van der Waals surface area contributed by atoms with E-state index in [9.17, 15) is 13.6 Å². The van der Waals surface area contributed by atoms with Crippen LogP contribution < -0.4 is 0 Å². The van der Waals surface area contributed by atoms with E-state index in [2.05, 4.69) is 0 Å². The molecular weight excluding hydrogens is 246 g/mol. The lowest BCUT2D eigenvalue weighted by atomic mass is 10.1. The molecule has 1 N–H and O–H groups in total. The minimum absolute atomic E-state index is 0.0219. The van der Waals surface area contributed by atoms with E-state index in [0.29, 0.717) is 18.6 Å². The molecule has 1 atom stereocenters. The van der Waals surface area contributed by atoms with Gasteiger partial charge in [0.15, 0.2) is 0 Å². The van der Waals surface area contributed by atoms with E-state index >= 15 is 0 Å². The number of carbonyl (C=O) groups is 1. The highest BCUT2D eigenvalue weighted by molar-refractivity contribution is 8.00. The van der Waals surface area contributed by atoms with Crippen LogP contribution in [0.5, 0.6) is 0 Å². The van der Waals surface area contributed by atoms with E-state index < -0.39 is 17.1 Å². The molecule has 0 saturated heterocycles. The zero-order valence-electron chi connectivity index (χ0n) is 10.7. The molecule has 0 amide bonds. The normalized spacial score (nSPS) is 14.0. The molecule has 0 aromatic rings. The van der Waals surface area contributed by atoms with Gasteiger partial charge in [0.2, 0.25) is 5.92 Å². The van der Waals surface area contributed by atoms with Gasteiger partial charge in [-0.2, -0.15) is 0 Å². The molecule has 0 aliphatic carbocycles. The summed E-state index contributed by atoms with van der Waals surface area (Å²) in [5, 5.41) is 8.43. The van der Waals surface area contributed by atoms with Crippen LogP contribution in [0.3, 0.4) is 0 Å². The number of carboxylic acid groups (broad SMARTS) is 1. The highest BCUT2D eigenvalue weighted by Crippen LogP contribution is 2.28. The molecule has 0 bridgehead atoms. The Morgan fingerprint density at radius 3 is 2.35 bits per heavy atom. The van der Waals surface area contributed by atoms with Crippen LogP contribution >= 0.6 is 11.8 Å². The maximum Gasteiger partial charge on any atom is 0.316 e. The lowest BCUT2D eigenvalue weighted by Gasteiger charge is -2.17. The van der Waals surface area contributed by atoms with Gasteiger partial charge in [0, 0.05) is 12.8 Å². The van der Waals surface area contributed by atoms with Gasteiger partial charge >= 0.3 is 5.97 Å². The Labute approximate surface area is 106 Å². The summed E-state index contributed by atoms with van der Waals surface area (Å²) in [7, 11) is 0. The molecule has 0 heterocycles. The number of hydrogen-bond donors (Lipinski definition) is 1. The fourth-order valence-electron chi connectivity index (χ4n) is 1.58. The van der Waals surface area contributed by atoms with Crippen LogP contribution in [0.4, 0.5) is 8.78 Å². The van der Waals surface area contributed by atoms with Gasteiger partial charge in [-0.25, -0.2) is 8.78 Å². The Hall–Kier alpha value is -0.320. The smallest absolute Gasteiger partial charge is 0.316 e. The number of halogens is 2. The second-order valence-corrected chi connectivity index (χ2v) is 5.83. The third-order valence-corrected chi connectivity index (χ3v) is 4.08. The number of alkyl halides is 2. The molecule has 5 heteroatoms. The fourth-order valence-corrected chi connectivity index (χ4v) is 2.67. The molecule has 0 rings (SSSR count). The molecular formula is C12H22F2O2S. The Kier molecular flexibility index (Phi) is 7.75. The first-order valence-corrected chi connectivity index (χ1v) is 7.07. The van der Waals surface area contributed by atoms with Crippen LogP contribution in [0.2, 0.25) is 0 Å². The van der Waals surface area contributed by atoms with Crippen molar-refractivity contribution in [1.29, 1.82) is 0 Å². The highest BCUT2D eigenvalue weighted by Gasteiger charge is 2.27. The third kappa shape index (κ3) is 7.58. The average molecular weight is 268 g/mol. The molecule has 0 aliphatic heterocycles. The Balaban J connectivity index is 3.86. The van der Waals surface area contributed by atoms with E-state index in [1.807, 2.05) is 13.8 Å². The summed E-state index contributed by atoms with van der Waals surface area (Å²) in [6.45, 7) is 5.40. The van der Waals surface area contributed by atoms with Crippen molar-refractivity contribution in [2.75, 3.05) is 5.75 Å². The van der Waals surface area contributed by atoms with Gasteiger partial charge in [-0.15, -0.1) is 11.8 Å². The predicted octanol–water partition coefficient (Wildman–Crippen LogP) is 4.04. The SMILES string of the molecule is CCCC(F)(F)CCCSC(C(=O)O)C(C)C. The van der Waals surface area contributed by atoms with E-state index in [1.54, 1.807) is 6.92 Å². The monoisotopic (exact) mass is 268 g/mol. The lowest BCUT2D eigenvalue weighted by Crippen LogP contribution is -2.23. The van der Waals surface area contributed by atoms with Crippen molar-refractivity contribution < 1.29 is 18.7 Å². The third-order valence-electron chi connectivity index (χ3n) is 2.45. The van der Waals surface area contributed by atoms with Crippen molar-refractivity contribution in [3.8, 4) is 0 Å². The second-order valence-electron chi connectivity index (χ2n) is 4.58. The Morgan fingerprint density at radius 2 is 1.94 bits per heavy atom. The number of rotatable bonds is 9. The minimum Gasteiger partial charge on any atom is -0.480 e. The Morgan fingerprint density at radius 1 is 1.35 bits per heavy atom. The summed E-state index contributed by atoms with van der Waals surface area (Å²) in [6, 6.07) is 0. The number of hydrogen-bond acceptors (Lipinski definition) is 2. The maximum absolute atomic E-state index is 13.1. The molecule has 17 heavy (non-hydrogen) atoms. The fraction of sp³-hybridized carbons (Fsp3) is 0.917. The zero-order valence-corrected chi connectivity index (χ0v) is 11.5. The first-order chi connectivity index (χ1) is 7.80. The van der Waals surface area contributed by atoms with Gasteiger partial charge in [0.1, 0.15) is 5.25 Å². The largest absolute Gasteiger partial charge is 0.480 e. The van der Waals surface area contributed by atoms with Crippen molar-refractivity contribution in [2.45, 2.75) is 57.6 Å². The van der Waals surface area contributed by atoms with Crippen LogP contribution in [0.15, 0.2) is 0 Å². The summed E-state index contributed by atoms with van der Waals surface area (Å²) in [5.74, 6) is -2.95. The molecule has 1 unspecified atom stereocenters. The van der Waals surface area contributed by atoms with Gasteiger partial charge in [-0.1, -0.05) is 27.2 Å². The second kappa shape index (κ2) is 7.90. The molecule has 0 aromatic carbocycles. The summed E-state index contributed by atoms with van der Waals surface area (Å²) >= 11 is 1.26. The van der Waals surface area contributed by atoms with Crippen LogP contribution in [-0.4, -0.2) is 28.0 Å². The number of carboxylic acids is 1. The highest BCUT2D eigenvalue weighted by atomic mass is 32.2. The average Bonchev–Trinajstić information content (AvgIpc) is 2.15. The Bertz CT molecular complexity index is 233. The quantitative estimate of drug-likeness (QED) is 0.641. The van der Waals surface area contributed by atoms with Gasteiger partial charge in [-0.05, 0) is 18.1 Å². The van der Waals surface area contributed by atoms with Gasteiger partial charge < -0.3 is 5.11 Å². The van der Waals surface area contributed by atoms with E-state index in [0.717, 1.165) is 0 Å². The van der Waals surface area contributed by atoms with E-state index in [1.165, 1.54) is 11.8 Å². The number of aliphatic carboxylic acids is 1.